The van der Waals surface area contributed by atoms with Crippen LogP contribution in [0.1, 0.15) is 6.42 Å². The zero-order valence-electron chi connectivity index (χ0n) is 7.31. The molecule has 0 aromatic heterocycles. The van der Waals surface area contributed by atoms with Crippen LogP contribution in [0.3, 0.4) is 0 Å². The Hall–Kier alpha value is -1.57. The van der Waals surface area contributed by atoms with E-state index in [4.69, 9.17) is 4.74 Å². The molecule has 1 aliphatic rings. The summed E-state index contributed by atoms with van der Waals surface area (Å²) in [5, 5.41) is 0. The molecule has 1 atom stereocenters. The second-order valence-corrected chi connectivity index (χ2v) is 2.93. The number of benzene rings is 1. The molecule has 1 aromatic carbocycles. The lowest BCUT2D eigenvalue weighted by Crippen LogP contribution is -2.19. The molecule has 0 amide bonds. The summed E-state index contributed by atoms with van der Waals surface area (Å²) >= 11 is 0. The van der Waals surface area contributed by atoms with E-state index in [2.05, 4.69) is 11.6 Å². The molecule has 0 radical (unpaired) electrons. The average Bonchev–Trinajstić information content (AvgIpc) is 2.18. The zero-order valence-corrected chi connectivity index (χ0v) is 7.31. The highest BCUT2D eigenvalue weighted by molar-refractivity contribution is 5.73. The first-order chi connectivity index (χ1) is 6.40. The average molecular weight is 173 g/mol. The van der Waals surface area contributed by atoms with E-state index in [9.17, 15) is 0 Å². The van der Waals surface area contributed by atoms with E-state index in [-0.39, 0.29) is 6.10 Å². The minimum atomic E-state index is 0.0485. The number of hydrogen-bond donors (Lipinski definition) is 0. The van der Waals surface area contributed by atoms with Crippen LogP contribution in [0.2, 0.25) is 0 Å². The minimum Gasteiger partial charge on any atom is -0.482 e. The van der Waals surface area contributed by atoms with Crippen molar-refractivity contribution in [2.45, 2.75) is 12.5 Å². The fraction of sp³-hybridized carbons (Fsp3) is 0.182. The summed E-state index contributed by atoms with van der Waals surface area (Å²) in [4.78, 5) is 4.30. The van der Waals surface area contributed by atoms with E-state index in [1.165, 1.54) is 0 Å². The lowest BCUT2D eigenvalue weighted by atomic mass is 10.2. The molecule has 2 rings (SSSR count). The number of aliphatic imine (C=N–C) groups is 1. The second kappa shape index (κ2) is 3.44. The van der Waals surface area contributed by atoms with Crippen molar-refractivity contribution < 1.29 is 4.74 Å². The number of nitrogens with zero attached hydrogens (tertiary/aromatic N) is 1. The van der Waals surface area contributed by atoms with Crippen molar-refractivity contribution in [1.82, 2.24) is 0 Å². The van der Waals surface area contributed by atoms with E-state index in [0.717, 1.165) is 17.9 Å². The van der Waals surface area contributed by atoms with Gasteiger partial charge in [-0.05, 0) is 12.1 Å². The van der Waals surface area contributed by atoms with E-state index >= 15 is 0 Å². The van der Waals surface area contributed by atoms with Gasteiger partial charge in [-0.15, -0.1) is 6.58 Å². The van der Waals surface area contributed by atoms with Crippen molar-refractivity contribution >= 4 is 11.9 Å². The summed E-state index contributed by atoms with van der Waals surface area (Å²) in [6, 6.07) is 7.77. The quantitative estimate of drug-likeness (QED) is 0.630. The van der Waals surface area contributed by atoms with Crippen molar-refractivity contribution in [3.8, 4) is 5.75 Å². The van der Waals surface area contributed by atoms with Gasteiger partial charge in [0.25, 0.3) is 0 Å². The van der Waals surface area contributed by atoms with Crippen LogP contribution in [0.15, 0.2) is 41.9 Å². The van der Waals surface area contributed by atoms with E-state index in [0.29, 0.717) is 0 Å². The molecule has 0 saturated carbocycles. The zero-order chi connectivity index (χ0) is 9.10. The number of fused-ring (bicyclic) bond motifs is 1. The molecule has 1 aromatic rings. The van der Waals surface area contributed by atoms with Crippen molar-refractivity contribution in [2.24, 2.45) is 4.99 Å². The van der Waals surface area contributed by atoms with Gasteiger partial charge < -0.3 is 4.74 Å². The number of rotatable bonds is 2. The molecule has 2 heteroatoms. The molecular weight excluding hydrogens is 162 g/mol. The molecule has 0 spiro atoms. The third-order valence-electron chi connectivity index (χ3n) is 1.92. The van der Waals surface area contributed by atoms with E-state index in [1.54, 1.807) is 0 Å². The first-order valence-electron chi connectivity index (χ1n) is 4.31. The number of ether oxygens (including phenoxy) is 1. The Bertz CT molecular complexity index is 344. The van der Waals surface area contributed by atoms with Crippen LogP contribution >= 0.6 is 0 Å². The lowest BCUT2D eigenvalue weighted by Gasteiger charge is -2.18. The van der Waals surface area contributed by atoms with Crippen LogP contribution in [0.4, 0.5) is 5.69 Å². The summed E-state index contributed by atoms with van der Waals surface area (Å²) in [6.07, 6.45) is 4.51. The van der Waals surface area contributed by atoms with Gasteiger partial charge in [0.1, 0.15) is 17.5 Å². The molecule has 13 heavy (non-hydrogen) atoms. The van der Waals surface area contributed by atoms with Gasteiger partial charge in [-0.3, -0.25) is 4.99 Å². The normalized spacial score (nSPS) is 18.9. The van der Waals surface area contributed by atoms with Crippen LogP contribution in [-0.4, -0.2) is 12.3 Å². The maximum absolute atomic E-state index is 5.65. The predicted molar refractivity (Wildman–Crippen MR) is 53.8 cm³/mol. The summed E-state index contributed by atoms with van der Waals surface area (Å²) in [7, 11) is 0. The highest BCUT2D eigenvalue weighted by Gasteiger charge is 2.13. The SMILES string of the molecule is C=CCC1C=Nc2ccccc2O1. The van der Waals surface area contributed by atoms with Crippen LogP contribution in [0.5, 0.6) is 5.75 Å². The van der Waals surface area contributed by atoms with Crippen LogP contribution in [-0.2, 0) is 0 Å². The molecule has 0 N–H and O–H groups in total. The van der Waals surface area contributed by atoms with Gasteiger partial charge in [0, 0.05) is 12.6 Å². The Morgan fingerprint density at radius 3 is 3.15 bits per heavy atom. The number of para-hydroxylation sites is 2. The molecular formula is C11H11NO. The summed E-state index contributed by atoms with van der Waals surface area (Å²) in [5.41, 5.74) is 0.905. The maximum Gasteiger partial charge on any atom is 0.145 e. The molecule has 66 valence electrons. The van der Waals surface area contributed by atoms with Crippen molar-refractivity contribution in [2.75, 3.05) is 0 Å². The first-order valence-corrected chi connectivity index (χ1v) is 4.31. The predicted octanol–water partition coefficient (Wildman–Crippen LogP) is 2.73. The van der Waals surface area contributed by atoms with Gasteiger partial charge in [0.05, 0.1) is 0 Å². The van der Waals surface area contributed by atoms with Gasteiger partial charge in [0.2, 0.25) is 0 Å². The lowest BCUT2D eigenvalue weighted by molar-refractivity contribution is 0.272. The van der Waals surface area contributed by atoms with E-state index in [1.807, 2.05) is 36.6 Å². The first kappa shape index (κ1) is 8.05. The number of hydrogen-bond acceptors (Lipinski definition) is 2. The summed E-state index contributed by atoms with van der Waals surface area (Å²) in [5.74, 6) is 0.858. The largest absolute Gasteiger partial charge is 0.482 e. The van der Waals surface area contributed by atoms with Gasteiger partial charge >= 0.3 is 0 Å². The topological polar surface area (TPSA) is 21.6 Å². The van der Waals surface area contributed by atoms with Crippen LogP contribution in [0, 0.1) is 0 Å². The smallest absolute Gasteiger partial charge is 0.145 e. The molecule has 0 aliphatic carbocycles. The molecule has 0 saturated heterocycles. The fourth-order valence-corrected chi connectivity index (χ4v) is 1.29. The molecule has 0 bridgehead atoms. The van der Waals surface area contributed by atoms with Crippen molar-refractivity contribution in [3.63, 3.8) is 0 Å². The highest BCUT2D eigenvalue weighted by atomic mass is 16.5. The fourth-order valence-electron chi connectivity index (χ4n) is 1.29. The van der Waals surface area contributed by atoms with Crippen LogP contribution in [0.25, 0.3) is 0 Å². The van der Waals surface area contributed by atoms with Gasteiger partial charge in [-0.2, -0.15) is 0 Å². The molecule has 1 heterocycles. The third kappa shape index (κ3) is 1.61. The van der Waals surface area contributed by atoms with Crippen molar-refractivity contribution in [1.29, 1.82) is 0 Å². The van der Waals surface area contributed by atoms with Gasteiger partial charge in [0.15, 0.2) is 0 Å². The standard InChI is InChI=1S/C11H11NO/c1-2-5-9-8-12-10-6-3-4-7-11(10)13-9/h2-4,6-9H,1,5H2. The molecule has 1 aliphatic heterocycles. The highest BCUT2D eigenvalue weighted by Crippen LogP contribution is 2.30. The molecule has 1 unspecified atom stereocenters. The van der Waals surface area contributed by atoms with Crippen LogP contribution < -0.4 is 4.74 Å². The van der Waals surface area contributed by atoms with Gasteiger partial charge in [-0.1, -0.05) is 18.2 Å². The second-order valence-electron chi connectivity index (χ2n) is 2.93. The molecule has 2 nitrogen and oxygen atoms in total. The summed E-state index contributed by atoms with van der Waals surface area (Å²) < 4.78 is 5.65. The maximum atomic E-state index is 5.65. The Balaban J connectivity index is 2.23. The van der Waals surface area contributed by atoms with Gasteiger partial charge in [-0.25, -0.2) is 0 Å². The van der Waals surface area contributed by atoms with E-state index < -0.39 is 0 Å². The van der Waals surface area contributed by atoms with Crippen molar-refractivity contribution in [3.05, 3.63) is 36.9 Å². The monoisotopic (exact) mass is 173 g/mol. The Morgan fingerprint density at radius 2 is 2.31 bits per heavy atom. The third-order valence-corrected chi connectivity index (χ3v) is 1.92. The Morgan fingerprint density at radius 1 is 1.46 bits per heavy atom. The minimum absolute atomic E-state index is 0.0485. The Kier molecular flexibility index (Phi) is 2.13. The molecule has 0 fully saturated rings. The Labute approximate surface area is 77.6 Å². The summed E-state index contributed by atoms with van der Waals surface area (Å²) in [6.45, 7) is 3.67.